The zero-order valence-corrected chi connectivity index (χ0v) is 80.1. The van der Waals surface area contributed by atoms with Crippen molar-refractivity contribution in [2.24, 2.45) is 0 Å². The van der Waals surface area contributed by atoms with Gasteiger partial charge in [-0.15, -0.1) is 11.7 Å². The molecule has 1 N–H and O–H groups in total. The Bertz CT molecular complexity index is 5350. The number of halogens is 8. The van der Waals surface area contributed by atoms with Gasteiger partial charge in [0, 0.05) is 85.0 Å². The monoisotopic (exact) mass is 2010 g/mol. The number of imide groups is 4. The summed E-state index contributed by atoms with van der Waals surface area (Å²) < 4.78 is 108. The van der Waals surface area contributed by atoms with Crippen LogP contribution < -0.4 is 5.46 Å². The topological polar surface area (TPSA) is 255 Å². The van der Waals surface area contributed by atoms with E-state index >= 15 is 0 Å². The standard InChI is InChI=1S/C24H25BFNO4.C18H13BrFNO2.C18H14BrNO3.C18H12BrNO3.C12H24B2O4.C6H14F3NOS.CH4/c1-22(2)23(3,4)31-25(30-22)16-11-9-15(10-12-16)24(13-17(26)14-24)27-20(28)18-7-5-6-8-19(18)21(27)29;19-12-7-5-11(6-8-12)18(9-13(20)10-18)21-16(22)14-3-1-2-4-15(14)17(21)23;2*19-12-7-5-11(6-8-12)18(9-13(21)10-18)20-16(22)14-3-1-2-4-15(14)17(20)23;1-9(2)10(3,4)16-13(15-9)14-17-11(5,6)12(7,8)18-14;1-3-4-10(5-6-11-2)12(7,8)9;/h5-12,17H,13-14H2,1-4H3;1-8,13H,9-10H2;1-8,13,21H,9-10H2;1-8H,9-10H2;1-8H3;3-6H2,1-2H3;1H4. The number of fused-ring (bicyclic) bond motifs is 4. The summed E-state index contributed by atoms with van der Waals surface area (Å²) in [6.45, 7) is 26.1. The molecule has 0 spiro atoms. The molecule has 0 atom stereocenters. The van der Waals surface area contributed by atoms with E-state index in [0.29, 0.717) is 68.1 Å². The lowest BCUT2D eigenvalue weighted by atomic mass is 9.49. The second-order valence-corrected chi connectivity index (χ2v) is 41.4. The number of rotatable bonds is 16. The van der Waals surface area contributed by atoms with Crippen molar-refractivity contribution in [1.29, 1.82) is 0 Å². The summed E-state index contributed by atoms with van der Waals surface area (Å²) >= 11 is 5.10. The Balaban J connectivity index is 0.000000136. The van der Waals surface area contributed by atoms with E-state index in [1.807, 2.05) is 180 Å². The number of Topliss-reactive ketones (excluding diaryl/α,β-unsaturated/α-hetero) is 1. The summed E-state index contributed by atoms with van der Waals surface area (Å²) in [5.74, 6) is -2.52. The van der Waals surface area contributed by atoms with Crippen molar-refractivity contribution in [2.75, 3.05) is 26.8 Å². The first-order valence-corrected chi connectivity index (χ1v) is 46.7. The summed E-state index contributed by atoms with van der Waals surface area (Å²) in [5.41, 5.74) is 1.52. The zero-order chi connectivity index (χ0) is 94.3. The molecule has 22 nitrogen and oxygen atoms in total. The molecular weight excluding hydrogens is 1910 g/mol. The molecule has 0 aromatic heterocycles. The molecule has 8 aromatic rings. The van der Waals surface area contributed by atoms with Crippen LogP contribution in [0.3, 0.4) is 0 Å². The fourth-order valence-corrected chi connectivity index (χ4v) is 19.5. The molecule has 131 heavy (non-hydrogen) atoms. The van der Waals surface area contributed by atoms with Gasteiger partial charge in [-0.1, -0.05) is 171 Å². The second kappa shape index (κ2) is 37.5. The first-order chi connectivity index (χ1) is 61.0. The van der Waals surface area contributed by atoms with Gasteiger partial charge in [-0.3, -0.25) is 62.8 Å². The van der Waals surface area contributed by atoms with Crippen LogP contribution in [0.2, 0.25) is 0 Å². The molecule has 34 heteroatoms. The Morgan fingerprint density at radius 3 is 0.847 bits per heavy atom. The van der Waals surface area contributed by atoms with E-state index in [4.69, 9.17) is 27.9 Å². The van der Waals surface area contributed by atoms with Crippen molar-refractivity contribution in [3.05, 3.63) is 274 Å². The smallest absolute Gasteiger partial charge is 0.405 e. The Morgan fingerprint density at radius 1 is 0.382 bits per heavy atom. The van der Waals surface area contributed by atoms with Crippen LogP contribution in [-0.4, -0.2) is 182 Å². The van der Waals surface area contributed by atoms with Crippen molar-refractivity contribution in [1.82, 2.24) is 23.9 Å². The van der Waals surface area contributed by atoms with E-state index < -0.39 is 84.3 Å². The molecule has 19 rings (SSSR count). The highest BCUT2D eigenvalue weighted by Gasteiger charge is 2.66. The number of aliphatic hydroxyl groups is 1. The Morgan fingerprint density at radius 2 is 0.618 bits per heavy atom. The number of alkyl halides is 2. The highest BCUT2D eigenvalue weighted by atomic mass is 79.9. The number of hydrogen-bond donors (Lipinski definition) is 1. The number of benzene rings is 8. The fraction of sp³-hybridized carbons (Fsp3) is 0.412. The van der Waals surface area contributed by atoms with Crippen LogP contribution in [0.5, 0.6) is 0 Å². The van der Waals surface area contributed by atoms with Crippen molar-refractivity contribution in [3.8, 4) is 0 Å². The Hall–Kier alpha value is -8.74. The maximum Gasteiger partial charge on any atom is 0.494 e. The van der Waals surface area contributed by atoms with Crippen LogP contribution in [0.1, 0.15) is 260 Å². The minimum atomic E-state index is -5.05. The first kappa shape index (κ1) is 99.7. The molecule has 8 amide bonds. The van der Waals surface area contributed by atoms with Gasteiger partial charge >= 0.3 is 21.1 Å². The predicted molar refractivity (Wildman–Crippen MR) is 500 cm³/mol. The van der Waals surface area contributed by atoms with E-state index in [9.17, 15) is 68.7 Å². The van der Waals surface area contributed by atoms with E-state index in [0.717, 1.165) is 41.1 Å². The van der Waals surface area contributed by atoms with Gasteiger partial charge in [-0.05, 0) is 202 Å². The molecule has 3 saturated heterocycles. The predicted octanol–water partition coefficient (Wildman–Crippen LogP) is 19.7. The molecule has 0 radical (unpaired) electrons. The summed E-state index contributed by atoms with van der Waals surface area (Å²) in [6.07, 6.45) is -0.405. The van der Waals surface area contributed by atoms with Crippen LogP contribution in [0, 0.1) is 0 Å². The molecule has 7 aliphatic heterocycles. The van der Waals surface area contributed by atoms with Crippen molar-refractivity contribution >= 4 is 139 Å². The van der Waals surface area contributed by atoms with Crippen LogP contribution in [0.15, 0.2) is 208 Å². The molecule has 11 aliphatic rings. The minimum Gasteiger partial charge on any atom is -0.405 e. The number of ketones is 1. The zero-order valence-electron chi connectivity index (χ0n) is 74.6. The largest absolute Gasteiger partial charge is 0.494 e. The van der Waals surface area contributed by atoms with E-state index in [2.05, 4.69) is 52.5 Å². The second-order valence-electron chi connectivity index (χ2n) is 37.3. The molecule has 7 fully saturated rings. The van der Waals surface area contributed by atoms with Gasteiger partial charge in [0.15, 0.2) is 0 Å². The molecular formula is C97H106B3Br3F5N5O17S. The number of nitrogens with zero attached hydrogens (tertiary/aromatic N) is 5. The van der Waals surface area contributed by atoms with E-state index in [1.165, 1.54) is 26.7 Å². The average Bonchev–Trinajstić information content (AvgIpc) is 1.57. The molecule has 0 unspecified atom stereocenters. The van der Waals surface area contributed by atoms with Gasteiger partial charge in [-0.2, -0.15) is 4.31 Å². The third-order valence-electron chi connectivity index (χ3n) is 27.4. The van der Waals surface area contributed by atoms with Gasteiger partial charge in [0.1, 0.15) is 18.1 Å². The van der Waals surface area contributed by atoms with Crippen LogP contribution in [0.4, 0.5) is 20.4 Å². The quantitative estimate of drug-likeness (QED) is 0.0536. The highest BCUT2D eigenvalue weighted by molar-refractivity contribution is 9.11. The SMILES string of the molecule is C.CC1(C)OB(B2OC(C)(C)C(C)(C)O2)OC1(C)C.CC1(C)OB(c2ccc(C3(N4C(=O)c5ccccc5C4=O)CC(F)C3)cc2)OC1(C)C.CCCN(CCOC)S(F)(F)F.O=C1CC(c2ccc(Br)cc2)(N2C(=O)c3ccccc3C2=O)C1.O=C1c2ccccc2C(=O)N1C1(c2ccc(Br)cc2)CC(F)C1.O=C1c2ccccc2C(=O)N1C1(c2ccc(Br)cc2)CC(O)C1. The Kier molecular flexibility index (Phi) is 28.6. The molecule has 7 heterocycles. The fourth-order valence-electron chi connectivity index (χ4n) is 18.1. The van der Waals surface area contributed by atoms with E-state index in [-0.39, 0.29) is 141 Å². The number of ether oxygens (including phenoxy) is 1. The first-order valence-electron chi connectivity index (χ1n) is 43.1. The average molecular weight is 2010 g/mol. The number of amides is 8. The van der Waals surface area contributed by atoms with Gasteiger partial charge in [-0.25, -0.2) is 8.78 Å². The maximum atomic E-state index is 14.1. The summed E-state index contributed by atoms with van der Waals surface area (Å²) in [5, 5.41) is 9.89. The van der Waals surface area contributed by atoms with Crippen molar-refractivity contribution in [2.45, 2.75) is 229 Å². The third kappa shape index (κ3) is 18.5. The summed E-state index contributed by atoms with van der Waals surface area (Å²) in [6, 6.07) is 57.1. The molecule has 0 bridgehead atoms. The Labute approximate surface area is 789 Å². The molecule has 4 saturated carbocycles. The van der Waals surface area contributed by atoms with E-state index in [1.54, 1.807) is 104 Å². The van der Waals surface area contributed by atoms with Crippen LogP contribution >= 0.6 is 59.2 Å². The van der Waals surface area contributed by atoms with Gasteiger partial charge in [0.05, 0.1) is 113 Å². The number of hydrogen-bond acceptors (Lipinski definition) is 18. The number of aliphatic hydroxyl groups excluding tert-OH is 1. The number of methoxy groups -OCH3 is 1. The lowest BCUT2D eigenvalue weighted by Crippen LogP contribution is -2.59. The lowest BCUT2D eigenvalue weighted by molar-refractivity contribution is -0.132. The normalized spacial score (nSPS) is 24.9. The molecule has 4 aliphatic carbocycles. The van der Waals surface area contributed by atoms with Gasteiger partial charge in [0.2, 0.25) is 0 Å². The summed E-state index contributed by atoms with van der Waals surface area (Å²) in [4.78, 5) is 120. The van der Waals surface area contributed by atoms with Crippen LogP contribution in [0.25, 0.3) is 0 Å². The van der Waals surface area contributed by atoms with Gasteiger partial charge in [0.25, 0.3) is 58.6 Å². The number of carbonyl (C=O) groups excluding carboxylic acids is 9. The van der Waals surface area contributed by atoms with Crippen molar-refractivity contribution < 1.29 is 101 Å². The van der Waals surface area contributed by atoms with Crippen LogP contribution in [-0.2, 0) is 59.6 Å². The van der Waals surface area contributed by atoms with Gasteiger partial charge < -0.3 is 37.8 Å². The molecule has 8 aromatic carbocycles. The maximum absolute atomic E-state index is 14.1. The third-order valence-corrected chi connectivity index (χ3v) is 30.0. The summed E-state index contributed by atoms with van der Waals surface area (Å²) in [7, 11) is -0.0627. The highest BCUT2D eigenvalue weighted by Crippen LogP contribution is 2.58. The lowest BCUT2D eigenvalue weighted by Gasteiger charge is -2.50. The molecule has 692 valence electrons. The minimum absolute atomic E-state index is 0. The van der Waals surface area contributed by atoms with Crippen molar-refractivity contribution in [3.63, 3.8) is 0 Å². The number of carbonyl (C=O) groups is 9.